The van der Waals surface area contributed by atoms with E-state index in [4.69, 9.17) is 5.73 Å². The molecule has 0 saturated heterocycles. The summed E-state index contributed by atoms with van der Waals surface area (Å²) in [7, 11) is 0. The van der Waals surface area contributed by atoms with Gasteiger partial charge in [0.05, 0.1) is 0 Å². The lowest BCUT2D eigenvalue weighted by atomic mass is 9.88. The van der Waals surface area contributed by atoms with Crippen LogP contribution in [0, 0.1) is 5.92 Å². The topological polar surface area (TPSA) is 72.2 Å². The third-order valence-electron chi connectivity index (χ3n) is 3.40. The Hall–Kier alpha value is -1.32. The van der Waals surface area contributed by atoms with Crippen molar-refractivity contribution in [3.63, 3.8) is 0 Å². The fourth-order valence-corrected chi connectivity index (χ4v) is 2.25. The Kier molecular flexibility index (Phi) is 5.89. The van der Waals surface area contributed by atoms with Gasteiger partial charge < -0.3 is 11.1 Å². The van der Waals surface area contributed by atoms with Crippen LogP contribution < -0.4 is 11.1 Å². The van der Waals surface area contributed by atoms with E-state index in [1.54, 1.807) is 0 Å². The van der Waals surface area contributed by atoms with Gasteiger partial charge in [-0.3, -0.25) is 9.59 Å². The molecule has 4 nitrogen and oxygen atoms in total. The van der Waals surface area contributed by atoms with Gasteiger partial charge in [-0.15, -0.1) is 0 Å². The van der Waals surface area contributed by atoms with E-state index in [1.807, 2.05) is 19.9 Å². The lowest BCUT2D eigenvalue weighted by Gasteiger charge is -2.23. The second-order valence-electron chi connectivity index (χ2n) is 5.32. The highest BCUT2D eigenvalue weighted by Gasteiger charge is 2.24. The zero-order valence-electron chi connectivity index (χ0n) is 11.4. The van der Waals surface area contributed by atoms with Crippen LogP contribution in [0.25, 0.3) is 0 Å². The Labute approximate surface area is 109 Å². The Morgan fingerprint density at radius 3 is 2.39 bits per heavy atom. The number of carbonyl (C=O) groups excluding carboxylic acids is 2. The first-order chi connectivity index (χ1) is 8.50. The van der Waals surface area contributed by atoms with Crippen molar-refractivity contribution in [3.8, 4) is 0 Å². The summed E-state index contributed by atoms with van der Waals surface area (Å²) in [6.07, 6.45) is 7.69. The van der Waals surface area contributed by atoms with Crippen LogP contribution >= 0.6 is 0 Å². The van der Waals surface area contributed by atoms with Crippen LogP contribution in [0.2, 0.25) is 0 Å². The number of rotatable bonds is 5. The molecule has 0 aromatic carbocycles. The van der Waals surface area contributed by atoms with Gasteiger partial charge in [0.15, 0.2) is 0 Å². The summed E-state index contributed by atoms with van der Waals surface area (Å²) >= 11 is 0. The molecular formula is C14H24N2O2. The minimum atomic E-state index is -0.575. The number of hydrogen-bond donors (Lipinski definition) is 2. The van der Waals surface area contributed by atoms with Gasteiger partial charge in [-0.2, -0.15) is 0 Å². The van der Waals surface area contributed by atoms with Gasteiger partial charge in [0.25, 0.3) is 0 Å². The normalized spacial score (nSPS) is 17.9. The summed E-state index contributed by atoms with van der Waals surface area (Å²) < 4.78 is 0. The fourth-order valence-electron chi connectivity index (χ4n) is 2.25. The summed E-state index contributed by atoms with van der Waals surface area (Å²) in [6.45, 7) is 3.92. The molecule has 1 aliphatic carbocycles. The van der Waals surface area contributed by atoms with Crippen molar-refractivity contribution < 1.29 is 9.59 Å². The van der Waals surface area contributed by atoms with Gasteiger partial charge in [-0.25, -0.2) is 0 Å². The van der Waals surface area contributed by atoms with Gasteiger partial charge in [0.1, 0.15) is 6.04 Å². The average molecular weight is 252 g/mol. The number of carbonyl (C=O) groups is 2. The molecule has 1 saturated carbocycles. The lowest BCUT2D eigenvalue weighted by Crippen LogP contribution is -2.46. The molecule has 0 aliphatic heterocycles. The Morgan fingerprint density at radius 1 is 1.28 bits per heavy atom. The molecular weight excluding hydrogens is 228 g/mol. The number of nitrogens with two attached hydrogens (primary N) is 1. The zero-order chi connectivity index (χ0) is 13.5. The summed E-state index contributed by atoms with van der Waals surface area (Å²) in [5.41, 5.74) is 6.44. The van der Waals surface area contributed by atoms with E-state index in [0.29, 0.717) is 6.42 Å². The predicted octanol–water partition coefficient (Wildman–Crippen LogP) is 1.89. The Morgan fingerprint density at radius 2 is 1.89 bits per heavy atom. The quantitative estimate of drug-likeness (QED) is 0.733. The molecule has 102 valence electrons. The number of primary amides is 1. The first-order valence-electron chi connectivity index (χ1n) is 6.73. The van der Waals surface area contributed by atoms with Crippen molar-refractivity contribution in [1.82, 2.24) is 5.32 Å². The van der Waals surface area contributed by atoms with Crippen molar-refractivity contribution in [2.24, 2.45) is 11.7 Å². The van der Waals surface area contributed by atoms with Gasteiger partial charge in [0, 0.05) is 5.92 Å². The standard InChI is InChI=1S/C14H24N2O2/c1-10(2)8-9-12(13(15)17)16-14(18)11-6-4-3-5-7-11/h8,11-12H,3-7,9H2,1-2H3,(H2,15,17)(H,16,18)/t12-/m0/s1. The minimum absolute atomic E-state index is 0.0133. The highest BCUT2D eigenvalue weighted by molar-refractivity contribution is 5.87. The van der Waals surface area contributed by atoms with E-state index in [2.05, 4.69) is 5.32 Å². The van der Waals surface area contributed by atoms with E-state index in [9.17, 15) is 9.59 Å². The van der Waals surface area contributed by atoms with E-state index in [-0.39, 0.29) is 11.8 Å². The van der Waals surface area contributed by atoms with Crippen LogP contribution in [-0.2, 0) is 9.59 Å². The molecule has 1 fully saturated rings. The van der Waals surface area contributed by atoms with E-state index in [1.165, 1.54) is 6.42 Å². The first-order valence-corrected chi connectivity index (χ1v) is 6.73. The maximum absolute atomic E-state index is 12.0. The van der Waals surface area contributed by atoms with Crippen molar-refractivity contribution in [2.45, 2.75) is 58.4 Å². The Bertz CT molecular complexity index is 327. The molecule has 0 heterocycles. The largest absolute Gasteiger partial charge is 0.368 e. The van der Waals surface area contributed by atoms with Crippen LogP contribution in [0.5, 0.6) is 0 Å². The third kappa shape index (κ3) is 4.90. The molecule has 3 N–H and O–H groups in total. The molecule has 0 unspecified atom stereocenters. The summed E-state index contributed by atoms with van der Waals surface area (Å²) in [5.74, 6) is -0.412. The molecule has 1 rings (SSSR count). The lowest BCUT2D eigenvalue weighted by molar-refractivity contribution is -0.130. The van der Waals surface area contributed by atoms with Crippen LogP contribution in [0.15, 0.2) is 11.6 Å². The summed E-state index contributed by atoms with van der Waals surface area (Å²) in [4.78, 5) is 23.3. The third-order valence-corrected chi connectivity index (χ3v) is 3.40. The number of nitrogens with one attached hydrogen (secondary N) is 1. The molecule has 0 spiro atoms. The van der Waals surface area contributed by atoms with Crippen molar-refractivity contribution in [1.29, 1.82) is 0 Å². The highest BCUT2D eigenvalue weighted by atomic mass is 16.2. The SMILES string of the molecule is CC(C)=CC[C@H](NC(=O)C1CCCCC1)C(N)=O. The second kappa shape index (κ2) is 7.19. The molecule has 1 atom stereocenters. The van der Waals surface area contributed by atoms with Crippen molar-refractivity contribution in [3.05, 3.63) is 11.6 Å². The predicted molar refractivity (Wildman–Crippen MR) is 71.7 cm³/mol. The summed E-state index contributed by atoms with van der Waals surface area (Å²) in [6, 6.07) is -0.575. The Balaban J connectivity index is 2.51. The molecule has 0 bridgehead atoms. The minimum Gasteiger partial charge on any atom is -0.368 e. The second-order valence-corrected chi connectivity index (χ2v) is 5.32. The number of allylic oxidation sites excluding steroid dienone is 1. The molecule has 0 radical (unpaired) electrons. The van der Waals surface area contributed by atoms with E-state index in [0.717, 1.165) is 31.3 Å². The molecule has 18 heavy (non-hydrogen) atoms. The smallest absolute Gasteiger partial charge is 0.240 e. The van der Waals surface area contributed by atoms with Crippen LogP contribution in [0.3, 0.4) is 0 Å². The highest BCUT2D eigenvalue weighted by Crippen LogP contribution is 2.23. The van der Waals surface area contributed by atoms with Crippen LogP contribution in [-0.4, -0.2) is 17.9 Å². The maximum Gasteiger partial charge on any atom is 0.240 e. The molecule has 2 amide bonds. The molecule has 4 heteroatoms. The molecule has 1 aliphatic rings. The van der Waals surface area contributed by atoms with Crippen molar-refractivity contribution >= 4 is 11.8 Å². The average Bonchev–Trinajstić information content (AvgIpc) is 2.34. The molecule has 0 aromatic heterocycles. The number of amides is 2. The van der Waals surface area contributed by atoms with Gasteiger partial charge >= 0.3 is 0 Å². The van der Waals surface area contributed by atoms with Gasteiger partial charge in [0.2, 0.25) is 11.8 Å². The van der Waals surface area contributed by atoms with E-state index >= 15 is 0 Å². The zero-order valence-corrected chi connectivity index (χ0v) is 11.4. The monoisotopic (exact) mass is 252 g/mol. The van der Waals surface area contributed by atoms with E-state index < -0.39 is 11.9 Å². The van der Waals surface area contributed by atoms with Gasteiger partial charge in [-0.05, 0) is 33.1 Å². The van der Waals surface area contributed by atoms with Crippen molar-refractivity contribution in [2.75, 3.05) is 0 Å². The first kappa shape index (κ1) is 14.7. The van der Waals surface area contributed by atoms with Crippen LogP contribution in [0.4, 0.5) is 0 Å². The maximum atomic E-state index is 12.0. The molecule has 0 aromatic rings. The van der Waals surface area contributed by atoms with Crippen LogP contribution in [0.1, 0.15) is 52.4 Å². The summed E-state index contributed by atoms with van der Waals surface area (Å²) in [5, 5.41) is 2.78. The number of hydrogen-bond acceptors (Lipinski definition) is 2. The van der Waals surface area contributed by atoms with Gasteiger partial charge in [-0.1, -0.05) is 30.9 Å². The fraction of sp³-hybridized carbons (Fsp3) is 0.714.